The van der Waals surface area contributed by atoms with Gasteiger partial charge in [0.2, 0.25) is 0 Å². The molecule has 1 atom stereocenters. The van der Waals surface area contributed by atoms with Crippen molar-refractivity contribution in [1.29, 1.82) is 0 Å². The second-order valence-corrected chi connectivity index (χ2v) is 4.62. The molecule has 18 heavy (non-hydrogen) atoms. The Balaban J connectivity index is 1.71. The van der Waals surface area contributed by atoms with Crippen molar-refractivity contribution < 1.29 is 4.74 Å². The summed E-state index contributed by atoms with van der Waals surface area (Å²) < 4.78 is 5.68. The Hall–Kier alpha value is -1.96. The summed E-state index contributed by atoms with van der Waals surface area (Å²) in [7, 11) is 0. The van der Waals surface area contributed by atoms with Crippen molar-refractivity contribution in [3.05, 3.63) is 60.2 Å². The van der Waals surface area contributed by atoms with Crippen LogP contribution in [0.15, 0.2) is 54.6 Å². The van der Waals surface area contributed by atoms with Crippen LogP contribution in [0.1, 0.15) is 17.9 Å². The normalized spacial score (nSPS) is 17.7. The molecule has 0 spiro atoms. The summed E-state index contributed by atoms with van der Waals surface area (Å²) in [4.78, 5) is 0. The Morgan fingerprint density at radius 1 is 1.00 bits per heavy atom. The van der Waals surface area contributed by atoms with Crippen molar-refractivity contribution in [3.8, 4) is 5.75 Å². The highest BCUT2D eigenvalue weighted by molar-refractivity contribution is 5.44. The van der Waals surface area contributed by atoms with Gasteiger partial charge in [-0.2, -0.15) is 0 Å². The molecule has 0 aromatic heterocycles. The number of para-hydroxylation sites is 2. The third-order valence-corrected chi connectivity index (χ3v) is 3.41. The van der Waals surface area contributed by atoms with Crippen molar-refractivity contribution in [3.63, 3.8) is 0 Å². The fourth-order valence-corrected chi connectivity index (χ4v) is 2.42. The predicted octanol–water partition coefficient (Wildman–Crippen LogP) is 3.66. The molecule has 1 aliphatic heterocycles. The monoisotopic (exact) mass is 239 g/mol. The molecular formula is C16H17NO. The van der Waals surface area contributed by atoms with E-state index in [0.717, 1.165) is 25.3 Å². The van der Waals surface area contributed by atoms with Crippen LogP contribution in [-0.2, 0) is 0 Å². The van der Waals surface area contributed by atoms with Gasteiger partial charge in [0.15, 0.2) is 0 Å². The van der Waals surface area contributed by atoms with Gasteiger partial charge in [0.25, 0.3) is 0 Å². The Kier molecular flexibility index (Phi) is 3.18. The van der Waals surface area contributed by atoms with Crippen LogP contribution in [0.4, 0.5) is 5.69 Å². The molecule has 0 amide bonds. The van der Waals surface area contributed by atoms with Crippen LogP contribution in [-0.4, -0.2) is 13.2 Å². The van der Waals surface area contributed by atoms with Crippen LogP contribution in [0.2, 0.25) is 0 Å². The van der Waals surface area contributed by atoms with Crippen LogP contribution in [0.25, 0.3) is 0 Å². The van der Waals surface area contributed by atoms with Crippen LogP contribution in [0.5, 0.6) is 5.75 Å². The lowest BCUT2D eigenvalue weighted by atomic mass is 9.93. The first-order valence-corrected chi connectivity index (χ1v) is 6.44. The summed E-state index contributed by atoms with van der Waals surface area (Å²) in [6.45, 7) is 1.78. The minimum atomic E-state index is 0.537. The highest BCUT2D eigenvalue weighted by Crippen LogP contribution is 2.33. The van der Waals surface area contributed by atoms with E-state index in [-0.39, 0.29) is 0 Å². The first-order chi connectivity index (χ1) is 8.93. The van der Waals surface area contributed by atoms with E-state index in [1.807, 2.05) is 12.1 Å². The summed E-state index contributed by atoms with van der Waals surface area (Å²) in [5, 5.41) is 3.50. The average Bonchev–Trinajstić information content (AvgIpc) is 2.46. The lowest BCUT2D eigenvalue weighted by molar-refractivity contribution is 0.270. The van der Waals surface area contributed by atoms with E-state index in [2.05, 4.69) is 47.8 Å². The fraction of sp³-hybridized carbons (Fsp3) is 0.250. The van der Waals surface area contributed by atoms with Crippen LogP contribution in [0, 0.1) is 0 Å². The van der Waals surface area contributed by atoms with E-state index in [4.69, 9.17) is 4.74 Å². The third-order valence-electron chi connectivity index (χ3n) is 3.41. The van der Waals surface area contributed by atoms with Gasteiger partial charge < -0.3 is 10.1 Å². The first kappa shape index (κ1) is 11.1. The van der Waals surface area contributed by atoms with Gasteiger partial charge in [-0.1, -0.05) is 36.4 Å². The number of benzene rings is 2. The fourth-order valence-electron chi connectivity index (χ4n) is 2.42. The van der Waals surface area contributed by atoms with Crippen molar-refractivity contribution in [2.75, 3.05) is 18.5 Å². The molecule has 1 unspecified atom stereocenters. The maximum atomic E-state index is 5.68. The molecule has 0 fully saturated rings. The summed E-state index contributed by atoms with van der Waals surface area (Å²) >= 11 is 0. The molecule has 0 bridgehead atoms. The topological polar surface area (TPSA) is 21.3 Å². The Morgan fingerprint density at radius 3 is 2.67 bits per heavy atom. The Bertz CT molecular complexity index is 510. The standard InChI is InChI=1S/C16H17NO/c1-2-6-14(7-3-1)17-12-13-10-11-18-16-9-5-4-8-15(13)16/h1-9,13,17H,10-12H2. The molecule has 0 aliphatic carbocycles. The van der Waals surface area contributed by atoms with Gasteiger partial charge in [-0.05, 0) is 30.2 Å². The predicted molar refractivity (Wildman–Crippen MR) is 74.2 cm³/mol. The molecule has 92 valence electrons. The van der Waals surface area contributed by atoms with E-state index in [9.17, 15) is 0 Å². The number of rotatable bonds is 3. The molecule has 2 aromatic rings. The van der Waals surface area contributed by atoms with Crippen LogP contribution in [0.3, 0.4) is 0 Å². The molecule has 2 nitrogen and oxygen atoms in total. The molecule has 0 saturated carbocycles. The van der Waals surface area contributed by atoms with E-state index < -0.39 is 0 Å². The summed E-state index contributed by atoms with van der Waals surface area (Å²) in [6.07, 6.45) is 1.08. The SMILES string of the molecule is c1ccc(NCC2CCOc3ccccc32)cc1. The zero-order valence-corrected chi connectivity index (χ0v) is 10.3. The molecule has 2 heteroatoms. The Labute approximate surface area is 108 Å². The zero-order chi connectivity index (χ0) is 12.2. The summed E-state index contributed by atoms with van der Waals surface area (Å²) in [5.41, 5.74) is 2.51. The first-order valence-electron chi connectivity index (χ1n) is 6.44. The molecule has 3 rings (SSSR count). The summed E-state index contributed by atoms with van der Waals surface area (Å²) in [6, 6.07) is 18.7. The molecule has 0 radical (unpaired) electrons. The van der Waals surface area contributed by atoms with Gasteiger partial charge in [-0.3, -0.25) is 0 Å². The second kappa shape index (κ2) is 5.13. The lowest BCUT2D eigenvalue weighted by Gasteiger charge is -2.26. The minimum absolute atomic E-state index is 0.537. The van der Waals surface area contributed by atoms with Gasteiger partial charge in [0, 0.05) is 18.2 Å². The maximum Gasteiger partial charge on any atom is 0.122 e. The van der Waals surface area contributed by atoms with E-state index in [0.29, 0.717) is 5.92 Å². The lowest BCUT2D eigenvalue weighted by Crippen LogP contribution is -2.20. The largest absolute Gasteiger partial charge is 0.493 e. The van der Waals surface area contributed by atoms with Gasteiger partial charge in [-0.15, -0.1) is 0 Å². The van der Waals surface area contributed by atoms with E-state index >= 15 is 0 Å². The van der Waals surface area contributed by atoms with Gasteiger partial charge in [-0.25, -0.2) is 0 Å². The molecule has 0 saturated heterocycles. The highest BCUT2D eigenvalue weighted by Gasteiger charge is 2.20. The quantitative estimate of drug-likeness (QED) is 0.882. The Morgan fingerprint density at radius 2 is 1.78 bits per heavy atom. The molecule has 1 heterocycles. The van der Waals surface area contributed by atoms with Crippen LogP contribution < -0.4 is 10.1 Å². The highest BCUT2D eigenvalue weighted by atomic mass is 16.5. The van der Waals surface area contributed by atoms with Gasteiger partial charge in [0.1, 0.15) is 5.75 Å². The van der Waals surface area contributed by atoms with E-state index in [1.165, 1.54) is 11.3 Å². The summed E-state index contributed by atoms with van der Waals surface area (Å²) in [5.74, 6) is 1.58. The number of ether oxygens (including phenoxy) is 1. The van der Waals surface area contributed by atoms with Gasteiger partial charge in [0.05, 0.1) is 6.61 Å². The number of hydrogen-bond donors (Lipinski definition) is 1. The smallest absolute Gasteiger partial charge is 0.122 e. The van der Waals surface area contributed by atoms with Crippen molar-refractivity contribution >= 4 is 5.69 Å². The molecular weight excluding hydrogens is 222 g/mol. The molecule has 2 aromatic carbocycles. The number of fused-ring (bicyclic) bond motifs is 1. The third kappa shape index (κ3) is 2.33. The van der Waals surface area contributed by atoms with Gasteiger partial charge >= 0.3 is 0 Å². The average molecular weight is 239 g/mol. The molecule has 1 N–H and O–H groups in total. The van der Waals surface area contributed by atoms with Crippen molar-refractivity contribution in [2.45, 2.75) is 12.3 Å². The zero-order valence-electron chi connectivity index (χ0n) is 10.3. The number of hydrogen-bond acceptors (Lipinski definition) is 2. The maximum absolute atomic E-state index is 5.68. The van der Waals surface area contributed by atoms with E-state index in [1.54, 1.807) is 0 Å². The van der Waals surface area contributed by atoms with Crippen molar-refractivity contribution in [2.24, 2.45) is 0 Å². The minimum Gasteiger partial charge on any atom is -0.493 e. The van der Waals surface area contributed by atoms with Crippen molar-refractivity contribution in [1.82, 2.24) is 0 Å². The molecule has 1 aliphatic rings. The second-order valence-electron chi connectivity index (χ2n) is 4.62. The number of nitrogens with one attached hydrogen (secondary N) is 1. The van der Waals surface area contributed by atoms with Crippen LogP contribution >= 0.6 is 0 Å². The number of anilines is 1.